The zero-order chi connectivity index (χ0) is 20.8. The fraction of sp³-hybridized carbons (Fsp3) is 0.348. The van der Waals surface area contributed by atoms with E-state index in [1.54, 1.807) is 7.11 Å². The van der Waals surface area contributed by atoms with Crippen molar-refractivity contribution >= 4 is 17.7 Å². The molecule has 1 aliphatic rings. The van der Waals surface area contributed by atoms with Crippen molar-refractivity contribution in [2.75, 3.05) is 26.0 Å². The van der Waals surface area contributed by atoms with E-state index in [1.807, 2.05) is 70.2 Å². The van der Waals surface area contributed by atoms with E-state index in [-0.39, 0.29) is 5.91 Å². The minimum Gasteiger partial charge on any atom is -0.383 e. The second-order valence-electron chi connectivity index (χ2n) is 7.36. The van der Waals surface area contributed by atoms with E-state index in [4.69, 9.17) is 14.8 Å². The number of methoxy groups -OCH3 is 1. The fourth-order valence-corrected chi connectivity index (χ4v) is 3.98. The van der Waals surface area contributed by atoms with Crippen LogP contribution < -0.4 is 0 Å². The summed E-state index contributed by atoms with van der Waals surface area (Å²) in [5.74, 6) is 1.83. The summed E-state index contributed by atoms with van der Waals surface area (Å²) >= 11 is 1.40. The monoisotopic (exact) mass is 422 g/mol. The summed E-state index contributed by atoms with van der Waals surface area (Å²) in [5.41, 5.74) is 2.12. The number of benzene rings is 2. The lowest BCUT2D eigenvalue weighted by Gasteiger charge is -2.22. The van der Waals surface area contributed by atoms with Crippen molar-refractivity contribution in [2.45, 2.75) is 30.5 Å². The Bertz CT molecular complexity index is 958. The lowest BCUT2D eigenvalue weighted by molar-refractivity contribution is -0.129. The molecule has 0 radical (unpaired) electrons. The van der Waals surface area contributed by atoms with Gasteiger partial charge in [-0.05, 0) is 30.5 Å². The van der Waals surface area contributed by atoms with Crippen LogP contribution in [-0.4, -0.2) is 51.6 Å². The van der Waals surface area contributed by atoms with Gasteiger partial charge in [-0.25, -0.2) is 9.67 Å². The summed E-state index contributed by atoms with van der Waals surface area (Å²) in [5, 5.41) is 5.35. The number of thioether (sulfide) groups is 1. The van der Waals surface area contributed by atoms with Crippen LogP contribution in [0.15, 0.2) is 65.8 Å². The smallest absolute Gasteiger partial charge is 0.233 e. The van der Waals surface area contributed by atoms with Crippen molar-refractivity contribution in [3.63, 3.8) is 0 Å². The second kappa shape index (κ2) is 9.91. The fourth-order valence-electron chi connectivity index (χ4n) is 3.25. The van der Waals surface area contributed by atoms with Gasteiger partial charge in [-0.1, -0.05) is 60.3 Å². The van der Waals surface area contributed by atoms with E-state index in [9.17, 15) is 4.79 Å². The summed E-state index contributed by atoms with van der Waals surface area (Å²) in [6.45, 7) is 1.64. The van der Waals surface area contributed by atoms with E-state index >= 15 is 0 Å². The highest BCUT2D eigenvalue weighted by Crippen LogP contribution is 2.40. The third-order valence-electron chi connectivity index (χ3n) is 5.02. The number of carbonyl (C=O) groups is 1. The molecule has 0 unspecified atom stereocenters. The SMILES string of the molecule is COCCN(Cc1ccccc1)C(=O)CSc1nc(C2CC2)n(-c2ccccc2)n1. The zero-order valence-electron chi connectivity index (χ0n) is 17.1. The van der Waals surface area contributed by atoms with Crippen molar-refractivity contribution in [3.05, 3.63) is 72.1 Å². The first-order valence-electron chi connectivity index (χ1n) is 10.2. The molecule has 1 heterocycles. The predicted octanol–water partition coefficient (Wildman–Crippen LogP) is 3.91. The maximum atomic E-state index is 12.9. The summed E-state index contributed by atoms with van der Waals surface area (Å²) in [6, 6.07) is 20.1. The lowest BCUT2D eigenvalue weighted by atomic mass is 10.2. The Morgan fingerprint density at radius 2 is 1.83 bits per heavy atom. The van der Waals surface area contributed by atoms with Gasteiger partial charge in [-0.15, -0.1) is 5.10 Å². The van der Waals surface area contributed by atoms with Gasteiger partial charge in [0.2, 0.25) is 11.1 Å². The highest BCUT2D eigenvalue weighted by molar-refractivity contribution is 7.99. The Kier molecular flexibility index (Phi) is 6.81. The Morgan fingerprint density at radius 1 is 1.13 bits per heavy atom. The number of amides is 1. The van der Waals surface area contributed by atoms with Crippen LogP contribution in [0.3, 0.4) is 0 Å². The molecule has 0 bridgehead atoms. The molecule has 1 fully saturated rings. The number of ether oxygens (including phenoxy) is 1. The molecule has 0 aliphatic heterocycles. The molecule has 0 N–H and O–H groups in total. The molecule has 156 valence electrons. The molecule has 2 aromatic carbocycles. The normalized spacial score (nSPS) is 13.4. The topological polar surface area (TPSA) is 60.2 Å². The van der Waals surface area contributed by atoms with Gasteiger partial charge < -0.3 is 9.64 Å². The standard InChI is InChI=1S/C23H26N4O2S/c1-29-15-14-26(16-18-8-4-2-5-9-18)21(28)17-30-23-24-22(19-12-13-19)27(25-23)20-10-6-3-7-11-20/h2-11,19H,12-17H2,1H3. The van der Waals surface area contributed by atoms with Crippen LogP contribution in [0, 0.1) is 0 Å². The first-order chi connectivity index (χ1) is 14.7. The van der Waals surface area contributed by atoms with Gasteiger partial charge in [0.05, 0.1) is 18.0 Å². The Balaban J connectivity index is 1.44. The van der Waals surface area contributed by atoms with Crippen LogP contribution in [0.5, 0.6) is 0 Å². The molecule has 1 amide bonds. The van der Waals surface area contributed by atoms with E-state index < -0.39 is 0 Å². The van der Waals surface area contributed by atoms with E-state index in [0.717, 1.165) is 29.9 Å². The maximum absolute atomic E-state index is 12.9. The highest BCUT2D eigenvalue weighted by atomic mass is 32.2. The summed E-state index contributed by atoms with van der Waals surface area (Å²) in [4.78, 5) is 19.5. The van der Waals surface area contributed by atoms with Crippen molar-refractivity contribution in [1.29, 1.82) is 0 Å². The molecule has 0 spiro atoms. The molecule has 3 aromatic rings. The first kappa shape index (κ1) is 20.6. The van der Waals surface area contributed by atoms with Crippen molar-refractivity contribution in [3.8, 4) is 5.69 Å². The van der Waals surface area contributed by atoms with E-state index in [1.165, 1.54) is 11.8 Å². The average molecular weight is 423 g/mol. The third-order valence-corrected chi connectivity index (χ3v) is 5.84. The van der Waals surface area contributed by atoms with Gasteiger partial charge in [0.25, 0.3) is 0 Å². The van der Waals surface area contributed by atoms with Crippen molar-refractivity contribution < 1.29 is 9.53 Å². The van der Waals surface area contributed by atoms with Crippen LogP contribution in [-0.2, 0) is 16.1 Å². The summed E-state index contributed by atoms with van der Waals surface area (Å²) in [7, 11) is 1.65. The summed E-state index contributed by atoms with van der Waals surface area (Å²) < 4.78 is 7.12. The number of nitrogens with zero attached hydrogens (tertiary/aromatic N) is 4. The van der Waals surface area contributed by atoms with Gasteiger partial charge in [0.1, 0.15) is 5.82 Å². The van der Waals surface area contributed by atoms with Crippen LogP contribution in [0.1, 0.15) is 30.1 Å². The van der Waals surface area contributed by atoms with Crippen LogP contribution in [0.4, 0.5) is 0 Å². The number of hydrogen-bond donors (Lipinski definition) is 0. The van der Waals surface area contributed by atoms with Crippen LogP contribution in [0.2, 0.25) is 0 Å². The van der Waals surface area contributed by atoms with Gasteiger partial charge >= 0.3 is 0 Å². The second-order valence-corrected chi connectivity index (χ2v) is 8.30. The van der Waals surface area contributed by atoms with E-state index in [2.05, 4.69) is 0 Å². The largest absolute Gasteiger partial charge is 0.383 e. The molecular formula is C23H26N4O2S. The Morgan fingerprint density at radius 3 is 2.50 bits per heavy atom. The quantitative estimate of drug-likeness (QED) is 0.464. The third kappa shape index (κ3) is 5.29. The molecule has 0 saturated heterocycles. The minimum atomic E-state index is 0.0601. The van der Waals surface area contributed by atoms with Crippen molar-refractivity contribution in [2.24, 2.45) is 0 Å². The predicted molar refractivity (Wildman–Crippen MR) is 118 cm³/mol. The number of hydrogen-bond acceptors (Lipinski definition) is 5. The lowest BCUT2D eigenvalue weighted by Crippen LogP contribution is -2.34. The van der Waals surface area contributed by atoms with Gasteiger partial charge in [0.15, 0.2) is 0 Å². The number of para-hydroxylation sites is 1. The van der Waals surface area contributed by atoms with Gasteiger partial charge in [-0.2, -0.15) is 0 Å². The molecule has 30 heavy (non-hydrogen) atoms. The number of carbonyl (C=O) groups excluding carboxylic acids is 1. The molecule has 6 nitrogen and oxygen atoms in total. The van der Waals surface area contributed by atoms with Crippen LogP contribution in [0.25, 0.3) is 5.69 Å². The maximum Gasteiger partial charge on any atom is 0.233 e. The Labute approximate surface area is 181 Å². The molecular weight excluding hydrogens is 396 g/mol. The molecule has 1 saturated carbocycles. The molecule has 1 aromatic heterocycles. The number of rotatable bonds is 10. The first-order valence-corrected chi connectivity index (χ1v) is 11.2. The molecule has 0 atom stereocenters. The minimum absolute atomic E-state index is 0.0601. The number of aromatic nitrogens is 3. The summed E-state index contributed by atoms with van der Waals surface area (Å²) in [6.07, 6.45) is 2.30. The van der Waals surface area contributed by atoms with E-state index in [0.29, 0.717) is 36.5 Å². The van der Waals surface area contributed by atoms with Gasteiger partial charge in [-0.3, -0.25) is 4.79 Å². The highest BCUT2D eigenvalue weighted by Gasteiger charge is 2.30. The Hall–Kier alpha value is -2.64. The van der Waals surface area contributed by atoms with Crippen molar-refractivity contribution in [1.82, 2.24) is 19.7 Å². The molecule has 4 rings (SSSR count). The molecule has 7 heteroatoms. The zero-order valence-corrected chi connectivity index (χ0v) is 17.9. The average Bonchev–Trinajstić information content (AvgIpc) is 3.55. The molecule has 1 aliphatic carbocycles. The van der Waals surface area contributed by atoms with Crippen LogP contribution >= 0.6 is 11.8 Å². The van der Waals surface area contributed by atoms with Gasteiger partial charge in [0, 0.05) is 26.1 Å².